The van der Waals surface area contributed by atoms with Crippen LogP contribution in [0.1, 0.15) is 101 Å². The highest BCUT2D eigenvalue weighted by atomic mass is 32.2. The summed E-state index contributed by atoms with van der Waals surface area (Å²) in [5.74, 6) is 0. The Bertz CT molecular complexity index is 1020. The van der Waals surface area contributed by atoms with Gasteiger partial charge in [0.15, 0.2) is 0 Å². The molecule has 0 aromatic heterocycles. The van der Waals surface area contributed by atoms with Gasteiger partial charge in [-0.25, -0.2) is 0 Å². The maximum absolute atomic E-state index is 6.81. The lowest BCUT2D eigenvalue weighted by atomic mass is 9.94. The van der Waals surface area contributed by atoms with Gasteiger partial charge in [0.2, 0.25) is 0 Å². The molecule has 6 heteroatoms. The molecule has 0 radical (unpaired) electrons. The summed E-state index contributed by atoms with van der Waals surface area (Å²) in [6.45, 7) is 12.6. The van der Waals surface area contributed by atoms with Crippen LogP contribution in [-0.4, -0.2) is 61.8 Å². The number of unbranched alkanes of at least 4 members (excludes halogenated alkanes) is 4. The molecule has 2 aromatic rings. The van der Waals surface area contributed by atoms with Crippen LogP contribution in [0.5, 0.6) is 0 Å². The molecule has 4 nitrogen and oxygen atoms in total. The maximum atomic E-state index is 6.81. The zero-order chi connectivity index (χ0) is 30.3. The summed E-state index contributed by atoms with van der Waals surface area (Å²) in [6, 6.07) is 18.2. The van der Waals surface area contributed by atoms with E-state index in [1.54, 1.807) is 0 Å². The van der Waals surface area contributed by atoms with Crippen molar-refractivity contribution < 1.29 is 18.9 Å². The van der Waals surface area contributed by atoms with E-state index in [4.69, 9.17) is 18.9 Å². The molecule has 0 N–H and O–H groups in total. The van der Waals surface area contributed by atoms with Gasteiger partial charge in [-0.3, -0.25) is 0 Å². The average molecular weight is 629 g/mol. The van der Waals surface area contributed by atoms with E-state index in [0.29, 0.717) is 11.9 Å². The van der Waals surface area contributed by atoms with Crippen LogP contribution in [0.4, 0.5) is 0 Å². The summed E-state index contributed by atoms with van der Waals surface area (Å²) in [5.41, 5.74) is 4.25. The number of benzene rings is 2. The van der Waals surface area contributed by atoms with E-state index in [1.165, 1.54) is 21.6 Å². The van der Waals surface area contributed by atoms with Gasteiger partial charge in [-0.15, -0.1) is 23.5 Å². The van der Waals surface area contributed by atoms with Crippen molar-refractivity contribution in [1.29, 1.82) is 0 Å². The molecule has 1 unspecified atom stereocenters. The van der Waals surface area contributed by atoms with Gasteiger partial charge in [0.25, 0.3) is 0 Å². The largest absolute Gasteiger partial charge is 0.380 e. The van der Waals surface area contributed by atoms with Crippen molar-refractivity contribution in [1.82, 2.24) is 0 Å². The molecular formula is C37H56O4S2. The normalized spacial score (nSPS) is 25.2. The van der Waals surface area contributed by atoms with Gasteiger partial charge in [0, 0.05) is 36.6 Å². The molecule has 1 saturated heterocycles. The van der Waals surface area contributed by atoms with Crippen molar-refractivity contribution in [3.05, 3.63) is 65.2 Å². The number of hydrogen-bond donors (Lipinski definition) is 0. The van der Waals surface area contributed by atoms with Gasteiger partial charge in [-0.2, -0.15) is 0 Å². The van der Waals surface area contributed by atoms with E-state index in [-0.39, 0.29) is 28.8 Å². The highest BCUT2D eigenvalue weighted by Crippen LogP contribution is 2.47. The van der Waals surface area contributed by atoms with Crippen molar-refractivity contribution in [2.75, 3.05) is 33.0 Å². The van der Waals surface area contributed by atoms with Crippen LogP contribution < -0.4 is 0 Å². The summed E-state index contributed by atoms with van der Waals surface area (Å²) in [6.07, 6.45) is 10.7. The minimum absolute atomic E-state index is 0.0468. The predicted octanol–water partition coefficient (Wildman–Crippen LogP) is 9.48. The van der Waals surface area contributed by atoms with Crippen LogP contribution >= 0.6 is 23.5 Å². The van der Waals surface area contributed by atoms with Crippen molar-refractivity contribution in [2.45, 2.75) is 131 Å². The zero-order valence-corrected chi connectivity index (χ0v) is 28.8. The van der Waals surface area contributed by atoms with Crippen LogP contribution in [0.2, 0.25) is 0 Å². The first-order chi connectivity index (χ1) is 21.2. The molecule has 1 fully saturated rings. The SMILES string of the molecule is CCCCOC[C@H]1S[C@@H](c2cccc(CC3Cc4ccccc4S3)c2)[C@H](OCCCC)[C@@H](OCCCC)[C@@H]1OCCCC. The number of hydrogen-bond acceptors (Lipinski definition) is 6. The zero-order valence-electron chi connectivity index (χ0n) is 27.1. The molecule has 2 aromatic carbocycles. The molecule has 2 aliphatic heterocycles. The fraction of sp³-hybridized carbons (Fsp3) is 0.676. The molecule has 2 aliphatic rings. The second kappa shape index (κ2) is 19.5. The minimum atomic E-state index is -0.116. The molecule has 0 spiro atoms. The summed E-state index contributed by atoms with van der Waals surface area (Å²) < 4.78 is 26.6. The lowest BCUT2D eigenvalue weighted by molar-refractivity contribution is -0.149. The van der Waals surface area contributed by atoms with Gasteiger partial charge < -0.3 is 18.9 Å². The van der Waals surface area contributed by atoms with E-state index in [9.17, 15) is 0 Å². The summed E-state index contributed by atoms with van der Waals surface area (Å²) in [4.78, 5) is 1.45. The van der Waals surface area contributed by atoms with Crippen LogP contribution in [0.15, 0.2) is 53.4 Å². The van der Waals surface area contributed by atoms with Crippen LogP contribution in [0.3, 0.4) is 0 Å². The lowest BCUT2D eigenvalue weighted by Crippen LogP contribution is -2.55. The predicted molar refractivity (Wildman–Crippen MR) is 184 cm³/mol. The van der Waals surface area contributed by atoms with Crippen molar-refractivity contribution >= 4 is 23.5 Å². The molecule has 0 amide bonds. The third-order valence-corrected chi connectivity index (χ3v) is 11.3. The number of thioether (sulfide) groups is 2. The van der Waals surface area contributed by atoms with Gasteiger partial charge in [-0.1, -0.05) is 95.8 Å². The number of fused-ring (bicyclic) bond motifs is 1. The molecular weight excluding hydrogens is 573 g/mol. The Morgan fingerprint density at radius 1 is 0.698 bits per heavy atom. The van der Waals surface area contributed by atoms with Gasteiger partial charge in [-0.05, 0) is 61.3 Å². The van der Waals surface area contributed by atoms with E-state index in [0.717, 1.165) is 90.6 Å². The Hall–Kier alpha value is -1.02. The van der Waals surface area contributed by atoms with Crippen LogP contribution in [0, 0.1) is 0 Å². The standard InChI is InChI=1S/C37H56O4S2/c1-5-9-20-38-27-33-34(39-21-10-6-2)35(40-22-11-7-3)36(41-23-12-8-4)37(43-33)30-18-15-16-28(24-30)25-31-26-29-17-13-14-19-32(29)42-31/h13-19,24,31,33-37H,5-12,20-23,25-27H2,1-4H3/t31?,33-,34-,35+,36-,37+/m1/s1. The van der Waals surface area contributed by atoms with E-state index < -0.39 is 0 Å². The van der Waals surface area contributed by atoms with Crippen LogP contribution in [0.25, 0.3) is 0 Å². The highest BCUT2D eigenvalue weighted by Gasteiger charge is 2.48. The molecule has 4 rings (SSSR count). The fourth-order valence-corrected chi connectivity index (χ4v) is 8.94. The van der Waals surface area contributed by atoms with E-state index in [1.807, 2.05) is 23.5 Å². The summed E-state index contributed by atoms with van der Waals surface area (Å²) >= 11 is 4.04. The molecule has 6 atom stereocenters. The van der Waals surface area contributed by atoms with Crippen molar-refractivity contribution in [2.24, 2.45) is 0 Å². The van der Waals surface area contributed by atoms with E-state index >= 15 is 0 Å². The quantitative estimate of drug-likeness (QED) is 0.136. The van der Waals surface area contributed by atoms with Crippen LogP contribution in [-0.2, 0) is 31.8 Å². The Kier molecular flexibility index (Phi) is 15.8. The molecule has 43 heavy (non-hydrogen) atoms. The maximum Gasteiger partial charge on any atom is 0.112 e. The third kappa shape index (κ3) is 10.5. The minimum Gasteiger partial charge on any atom is -0.380 e. The second-order valence-electron chi connectivity index (χ2n) is 12.1. The lowest BCUT2D eigenvalue weighted by Gasteiger charge is -2.46. The van der Waals surface area contributed by atoms with Gasteiger partial charge in [0.05, 0.1) is 17.1 Å². The highest BCUT2D eigenvalue weighted by molar-refractivity contribution is 8.00. The smallest absolute Gasteiger partial charge is 0.112 e. The summed E-state index contributed by atoms with van der Waals surface area (Å²) in [5, 5.41) is 0.951. The first-order valence-electron chi connectivity index (χ1n) is 17.1. The van der Waals surface area contributed by atoms with Crippen molar-refractivity contribution in [3.8, 4) is 0 Å². The first kappa shape index (κ1) is 34.8. The first-order valence-corrected chi connectivity index (χ1v) is 18.9. The second-order valence-corrected chi connectivity index (χ2v) is 14.8. The molecule has 240 valence electrons. The Morgan fingerprint density at radius 2 is 1.35 bits per heavy atom. The summed E-state index contributed by atoms with van der Waals surface area (Å²) in [7, 11) is 0. The monoisotopic (exact) mass is 628 g/mol. The third-order valence-electron chi connectivity index (χ3n) is 8.44. The molecule has 0 aliphatic carbocycles. The Morgan fingerprint density at radius 3 is 2.05 bits per heavy atom. The van der Waals surface area contributed by atoms with Crippen molar-refractivity contribution in [3.63, 3.8) is 0 Å². The molecule has 2 heterocycles. The molecule has 0 bridgehead atoms. The Labute approximate surface area is 270 Å². The Balaban J connectivity index is 1.59. The fourth-order valence-electron chi connectivity index (χ4n) is 5.96. The molecule has 0 saturated carbocycles. The van der Waals surface area contributed by atoms with E-state index in [2.05, 4.69) is 76.2 Å². The number of ether oxygens (including phenoxy) is 4. The topological polar surface area (TPSA) is 36.9 Å². The van der Waals surface area contributed by atoms with Gasteiger partial charge in [0.1, 0.15) is 18.3 Å². The van der Waals surface area contributed by atoms with Gasteiger partial charge >= 0.3 is 0 Å². The average Bonchev–Trinajstić information content (AvgIpc) is 3.43. The number of rotatable bonds is 20.